The van der Waals surface area contributed by atoms with Crippen molar-refractivity contribution in [1.82, 2.24) is 0 Å². The van der Waals surface area contributed by atoms with E-state index in [4.69, 9.17) is 5.26 Å². The maximum Gasteiger partial charge on any atom is 0.416 e. The molecule has 0 radical (unpaired) electrons. The van der Waals surface area contributed by atoms with E-state index in [2.05, 4.69) is 20.8 Å². The number of hydrazone groups is 1. The monoisotopic (exact) mass is 362 g/mol. The molecule has 2 rings (SSSR count). The molecule has 0 amide bonds. The van der Waals surface area contributed by atoms with E-state index in [1.54, 1.807) is 6.07 Å². The minimum Gasteiger partial charge on any atom is -0.275 e. The van der Waals surface area contributed by atoms with Crippen LogP contribution in [0.2, 0.25) is 0 Å². The predicted molar refractivity (Wildman–Crippen MR) is 85.7 cm³/mol. The summed E-state index contributed by atoms with van der Waals surface area (Å²) in [6.07, 6.45) is -4.46. The lowest BCUT2D eigenvalue weighted by Gasteiger charge is -2.05. The number of hydrogen-bond acceptors (Lipinski definition) is 6. The molecule has 0 bridgehead atoms. The smallest absolute Gasteiger partial charge is 0.275 e. The average molecular weight is 362 g/mol. The summed E-state index contributed by atoms with van der Waals surface area (Å²) in [5.41, 5.74) is 1.75. The van der Waals surface area contributed by atoms with Crippen LogP contribution in [-0.4, -0.2) is 10.8 Å². The van der Waals surface area contributed by atoms with Crippen molar-refractivity contribution in [2.75, 3.05) is 5.43 Å². The van der Waals surface area contributed by atoms with Crippen LogP contribution in [0.5, 0.6) is 0 Å². The van der Waals surface area contributed by atoms with Gasteiger partial charge in [-0.2, -0.15) is 18.4 Å². The number of nitrogens with zero attached hydrogens (tertiary/aromatic N) is 5. The van der Waals surface area contributed by atoms with Crippen LogP contribution < -0.4 is 5.43 Å². The third kappa shape index (κ3) is 5.10. The maximum atomic E-state index is 12.5. The summed E-state index contributed by atoms with van der Waals surface area (Å²) >= 11 is 0. The number of azo groups is 1. The Balaban J connectivity index is 2.10. The van der Waals surface area contributed by atoms with Crippen molar-refractivity contribution in [2.45, 2.75) is 6.18 Å². The van der Waals surface area contributed by atoms with Crippen LogP contribution in [0.25, 0.3) is 0 Å². The van der Waals surface area contributed by atoms with Crippen molar-refractivity contribution >= 4 is 22.9 Å². The maximum absolute atomic E-state index is 12.5. The van der Waals surface area contributed by atoms with Crippen LogP contribution in [0.1, 0.15) is 5.56 Å². The molecule has 0 atom stereocenters. The van der Waals surface area contributed by atoms with Crippen molar-refractivity contribution in [3.63, 3.8) is 0 Å². The van der Waals surface area contributed by atoms with E-state index in [9.17, 15) is 23.3 Å². The normalized spacial score (nSPS) is 12.0. The number of non-ortho nitro benzene ring substituents is 1. The standard InChI is InChI=1S/C15H9F3N6O2/c16-15(17,18)10-4-6-11(7-5-10)20-22-14(9-19)23-21-12-2-1-3-13(8-12)24(25)26/h1-8,21H. The van der Waals surface area contributed by atoms with E-state index < -0.39 is 22.5 Å². The van der Waals surface area contributed by atoms with Crippen molar-refractivity contribution in [3.8, 4) is 6.07 Å². The number of nitro groups is 1. The Morgan fingerprint density at radius 3 is 2.46 bits per heavy atom. The quantitative estimate of drug-likeness (QED) is 0.280. The second-order valence-electron chi connectivity index (χ2n) is 4.71. The van der Waals surface area contributed by atoms with Crippen molar-refractivity contribution < 1.29 is 18.1 Å². The molecule has 0 fully saturated rings. The second-order valence-corrected chi connectivity index (χ2v) is 4.71. The molecule has 0 heterocycles. The zero-order chi connectivity index (χ0) is 19.2. The lowest BCUT2D eigenvalue weighted by molar-refractivity contribution is -0.384. The first kappa shape index (κ1) is 18.5. The SMILES string of the molecule is N#CC(N=Nc1ccc(C(F)(F)F)cc1)=NNc1cccc([N+](=O)[O-])c1. The number of nitro benzene ring substituents is 1. The predicted octanol–water partition coefficient (Wildman–Crippen LogP) is 4.65. The first-order valence-electron chi connectivity index (χ1n) is 6.87. The fourth-order valence-corrected chi connectivity index (χ4v) is 1.70. The van der Waals surface area contributed by atoms with E-state index in [0.717, 1.165) is 24.3 Å². The van der Waals surface area contributed by atoms with Gasteiger partial charge in [-0.25, -0.2) is 0 Å². The molecule has 0 saturated heterocycles. The van der Waals surface area contributed by atoms with E-state index in [-0.39, 0.29) is 17.1 Å². The van der Waals surface area contributed by atoms with Crippen molar-refractivity contribution in [1.29, 1.82) is 5.26 Å². The highest BCUT2D eigenvalue weighted by atomic mass is 19.4. The molecule has 2 aromatic carbocycles. The Morgan fingerprint density at radius 2 is 1.88 bits per heavy atom. The lowest BCUT2D eigenvalue weighted by atomic mass is 10.2. The second kappa shape index (κ2) is 7.84. The fourth-order valence-electron chi connectivity index (χ4n) is 1.70. The van der Waals surface area contributed by atoms with Crippen LogP contribution in [0.15, 0.2) is 63.9 Å². The minimum absolute atomic E-state index is 0.0938. The number of rotatable bonds is 4. The van der Waals surface area contributed by atoms with Gasteiger partial charge in [0.05, 0.1) is 21.9 Å². The number of hydrogen-bond donors (Lipinski definition) is 1. The third-order valence-corrected chi connectivity index (χ3v) is 2.90. The van der Waals surface area contributed by atoms with Crippen molar-refractivity contribution in [2.24, 2.45) is 15.3 Å². The minimum atomic E-state index is -4.46. The first-order chi connectivity index (χ1) is 12.3. The third-order valence-electron chi connectivity index (χ3n) is 2.90. The fraction of sp³-hybridized carbons (Fsp3) is 0.0667. The number of amidine groups is 1. The van der Waals surface area contributed by atoms with Crippen LogP contribution in [0, 0.1) is 21.4 Å². The summed E-state index contributed by atoms with van der Waals surface area (Å²) < 4.78 is 37.4. The zero-order valence-corrected chi connectivity index (χ0v) is 12.8. The Bertz CT molecular complexity index is 901. The first-order valence-corrected chi connectivity index (χ1v) is 6.87. The van der Waals surface area contributed by atoms with Crippen LogP contribution >= 0.6 is 0 Å². The van der Waals surface area contributed by atoms with Gasteiger partial charge in [0, 0.05) is 12.1 Å². The molecule has 0 aliphatic carbocycles. The Morgan fingerprint density at radius 1 is 1.19 bits per heavy atom. The molecule has 0 aromatic heterocycles. The van der Waals surface area contributed by atoms with Crippen LogP contribution in [0.4, 0.5) is 30.2 Å². The number of nitrogens with one attached hydrogen (secondary N) is 1. The summed E-state index contributed by atoms with van der Waals surface area (Å²) in [4.78, 5) is 10.1. The van der Waals surface area contributed by atoms with Gasteiger partial charge in [-0.15, -0.1) is 15.3 Å². The van der Waals surface area contributed by atoms with E-state index in [1.165, 1.54) is 24.3 Å². The lowest BCUT2D eigenvalue weighted by Crippen LogP contribution is -2.03. The molecule has 132 valence electrons. The Kier molecular flexibility index (Phi) is 5.59. The molecule has 2 aromatic rings. The summed E-state index contributed by atoms with van der Waals surface area (Å²) in [5.74, 6) is -0.420. The molecule has 0 spiro atoms. The van der Waals surface area contributed by atoms with Gasteiger partial charge in [0.2, 0.25) is 0 Å². The van der Waals surface area contributed by atoms with Gasteiger partial charge in [-0.05, 0) is 30.3 Å². The largest absolute Gasteiger partial charge is 0.416 e. The molecule has 11 heteroatoms. The molecule has 0 saturated carbocycles. The van der Waals surface area contributed by atoms with Crippen molar-refractivity contribution in [3.05, 3.63) is 64.2 Å². The highest BCUT2D eigenvalue weighted by molar-refractivity contribution is 5.97. The number of nitriles is 1. The number of anilines is 1. The summed E-state index contributed by atoms with van der Waals surface area (Å²) in [6.45, 7) is 0. The number of halogens is 3. The summed E-state index contributed by atoms with van der Waals surface area (Å²) in [7, 11) is 0. The van der Waals surface area contributed by atoms with Gasteiger partial charge in [-0.1, -0.05) is 6.07 Å². The Labute approximate surface area is 144 Å². The van der Waals surface area contributed by atoms with Gasteiger partial charge in [0.15, 0.2) is 0 Å². The number of benzene rings is 2. The van der Waals surface area contributed by atoms with Gasteiger partial charge < -0.3 is 0 Å². The van der Waals surface area contributed by atoms with E-state index >= 15 is 0 Å². The van der Waals surface area contributed by atoms with Crippen LogP contribution in [-0.2, 0) is 6.18 Å². The van der Waals surface area contributed by atoms with Gasteiger partial charge in [0.25, 0.3) is 11.5 Å². The molecule has 1 N–H and O–H groups in total. The summed E-state index contributed by atoms with van der Waals surface area (Å²) in [6, 6.07) is 10.9. The number of alkyl halides is 3. The van der Waals surface area contributed by atoms with Gasteiger partial charge in [-0.3, -0.25) is 15.5 Å². The van der Waals surface area contributed by atoms with Crippen LogP contribution in [0.3, 0.4) is 0 Å². The molecule has 0 aliphatic rings. The topological polar surface area (TPSA) is 116 Å². The zero-order valence-electron chi connectivity index (χ0n) is 12.8. The van der Waals surface area contributed by atoms with E-state index in [0.29, 0.717) is 0 Å². The highest BCUT2D eigenvalue weighted by Crippen LogP contribution is 2.30. The highest BCUT2D eigenvalue weighted by Gasteiger charge is 2.29. The molecule has 0 unspecified atom stereocenters. The molecule has 26 heavy (non-hydrogen) atoms. The van der Waals surface area contributed by atoms with Gasteiger partial charge >= 0.3 is 6.18 Å². The average Bonchev–Trinajstić information content (AvgIpc) is 2.61. The molecular formula is C15H9F3N6O2. The van der Waals surface area contributed by atoms with Gasteiger partial charge in [0.1, 0.15) is 6.07 Å². The van der Waals surface area contributed by atoms with E-state index in [1.807, 2.05) is 0 Å². The molecular weight excluding hydrogens is 353 g/mol. The Hall–Kier alpha value is -3.81. The summed E-state index contributed by atoms with van der Waals surface area (Å²) in [5, 5.41) is 30.4. The molecule has 8 nitrogen and oxygen atoms in total. The molecule has 0 aliphatic heterocycles.